The van der Waals surface area contributed by atoms with Crippen LogP contribution in [0, 0.1) is 22.5 Å². The van der Waals surface area contributed by atoms with E-state index in [4.69, 9.17) is 16.2 Å². The number of alkyl carbamates (subject to hydrolysis) is 2. The van der Waals surface area contributed by atoms with Crippen molar-refractivity contribution >= 4 is 41.7 Å². The van der Waals surface area contributed by atoms with Gasteiger partial charge in [-0.05, 0) is 74.6 Å². The van der Waals surface area contributed by atoms with Crippen LogP contribution in [0.15, 0.2) is 59.7 Å². The Bertz CT molecular complexity index is 2690. The Balaban J connectivity index is 1.31. The van der Waals surface area contributed by atoms with Gasteiger partial charge in [0.15, 0.2) is 0 Å². The number of nitrogens with two attached hydrogens (primary N) is 2. The molecule has 4 amide bonds. The van der Waals surface area contributed by atoms with Gasteiger partial charge in [0.25, 0.3) is 6.43 Å². The van der Waals surface area contributed by atoms with E-state index in [2.05, 4.69) is 35.0 Å². The molecule has 0 saturated carbocycles. The number of primary amides is 1. The first kappa shape index (κ1) is 60.4. The number of hydrogen-bond donors (Lipinski definition) is 7. The quantitative estimate of drug-likeness (QED) is 0.0502. The summed E-state index contributed by atoms with van der Waals surface area (Å²) >= 11 is 0. The minimum absolute atomic E-state index is 0.00767. The van der Waals surface area contributed by atoms with Crippen LogP contribution in [-0.4, -0.2) is 160 Å². The molecule has 28 heteroatoms. The van der Waals surface area contributed by atoms with Gasteiger partial charge >= 0.3 is 24.5 Å². The van der Waals surface area contributed by atoms with Gasteiger partial charge in [0.05, 0.1) is 69.0 Å². The minimum Gasteiger partial charge on any atom is -0.453 e. The van der Waals surface area contributed by atoms with Gasteiger partial charge in [0, 0.05) is 67.0 Å². The van der Waals surface area contributed by atoms with Crippen LogP contribution in [-0.2, 0) is 43.2 Å². The van der Waals surface area contributed by atoms with Crippen molar-refractivity contribution in [3.8, 4) is 11.1 Å². The zero-order valence-corrected chi connectivity index (χ0v) is 42.8. The summed E-state index contributed by atoms with van der Waals surface area (Å²) in [5.74, 6) is -4.84. The Morgan fingerprint density at radius 1 is 0.885 bits per heavy atom. The van der Waals surface area contributed by atoms with Crippen LogP contribution in [0.2, 0.25) is 0 Å². The summed E-state index contributed by atoms with van der Waals surface area (Å²) in [4.78, 5) is 63.5. The molecule has 3 aliphatic heterocycles. The number of allylic oxidation sites excluding steroid dienone is 1. The van der Waals surface area contributed by atoms with E-state index < -0.39 is 121 Å². The van der Waals surface area contributed by atoms with E-state index in [0.717, 1.165) is 45.6 Å². The first-order chi connectivity index (χ1) is 36.5. The number of carbonyl (C=O) groups excluding carboxylic acids is 4. The van der Waals surface area contributed by atoms with Gasteiger partial charge in [0.1, 0.15) is 29.5 Å². The zero-order chi connectivity index (χ0) is 57.7. The zero-order valence-electron chi connectivity index (χ0n) is 42.8. The summed E-state index contributed by atoms with van der Waals surface area (Å²) < 4.78 is 159. The number of nitrogens with one attached hydrogen (secondary N) is 4. The molecule has 428 valence electrons. The van der Waals surface area contributed by atoms with Gasteiger partial charge in [-0.25, -0.2) is 32.1 Å². The van der Waals surface area contributed by atoms with Gasteiger partial charge in [-0.15, -0.1) is 0 Å². The summed E-state index contributed by atoms with van der Waals surface area (Å²) in [5.41, 5.74) is 5.12. The number of carbonyl (C=O) groups is 4. The van der Waals surface area contributed by atoms with Crippen LogP contribution in [0.25, 0.3) is 16.8 Å². The number of piperazine rings is 1. The Hall–Kier alpha value is -6.78. The third-order valence-electron chi connectivity index (χ3n) is 14.4. The molecular weight excluding hydrogens is 1060 g/mol. The van der Waals surface area contributed by atoms with E-state index >= 15 is 22.0 Å². The lowest BCUT2D eigenvalue weighted by molar-refractivity contribution is -0.226. The van der Waals surface area contributed by atoms with E-state index in [1.165, 1.54) is 36.5 Å². The molecule has 0 spiro atoms. The second kappa shape index (κ2) is 24.5. The highest BCUT2D eigenvalue weighted by Crippen LogP contribution is 2.47. The predicted octanol–water partition coefficient (Wildman–Crippen LogP) is 4.75. The highest BCUT2D eigenvalue weighted by Gasteiger charge is 2.60. The monoisotopic (exact) mass is 1120 g/mol. The number of ether oxygens (including phenoxy) is 3. The molecule has 9 N–H and O–H groups in total. The number of rotatable bonds is 23. The van der Waals surface area contributed by atoms with Crippen molar-refractivity contribution in [3.05, 3.63) is 88.6 Å². The summed E-state index contributed by atoms with van der Waals surface area (Å²) in [5, 5.41) is 20.4. The number of pyridine rings is 1. The van der Waals surface area contributed by atoms with Crippen molar-refractivity contribution in [1.29, 1.82) is 0 Å². The third-order valence-corrected chi connectivity index (χ3v) is 14.4. The number of halogens is 10. The van der Waals surface area contributed by atoms with Crippen molar-refractivity contribution in [2.24, 2.45) is 27.3 Å². The van der Waals surface area contributed by atoms with E-state index in [1.807, 2.05) is 15.5 Å². The highest BCUT2D eigenvalue weighted by atomic mass is 19.4. The molecule has 3 aromatic rings. The van der Waals surface area contributed by atoms with Gasteiger partial charge in [-0.1, -0.05) is 24.3 Å². The van der Waals surface area contributed by atoms with Crippen molar-refractivity contribution in [1.82, 2.24) is 31.2 Å². The second-order valence-electron chi connectivity index (χ2n) is 19.9. The van der Waals surface area contributed by atoms with Crippen LogP contribution >= 0.6 is 0 Å². The predicted molar refractivity (Wildman–Crippen MR) is 263 cm³/mol. The summed E-state index contributed by atoms with van der Waals surface area (Å²) in [6.07, 6.45) is -15.5. The maximum Gasteiger partial charge on any atom is 0.407 e. The Kier molecular flexibility index (Phi) is 19.0. The molecule has 2 unspecified atom stereocenters. The van der Waals surface area contributed by atoms with Gasteiger partial charge < -0.3 is 57.0 Å². The Morgan fingerprint density at radius 3 is 2.01 bits per heavy atom. The van der Waals surface area contributed by atoms with E-state index in [9.17, 15) is 46.2 Å². The standard InChI is InChI=1S/C50H60F10N10O8/c1-47(2,49(55,56)57)42(68-46(75)77-5)44(73)66-35(38(71)19-64-17-31-32(51)13-27(14-33(31)52)34(61)10-11-63-20-39(53)54)12-25-6-8-26(9-7-25)30-18-65-40(70-22-36-37(70)21-69(36)29-23-78-24-29)15-28(30)16-48(3,50(58,59)60)41(43(62)72)67-45(74)76-4/h6-11,13-15,18,29,35-39,41-42,64,71H,12,16-17,19-24,61H2,1-5H3,(H2,62,72)(H,66,73)(H,67,74)(H,68,75)/t35-,36?,37-,38-,41+,42+,48?/m0/s1. The number of amides is 4. The molecule has 1 aromatic heterocycles. The molecule has 3 saturated heterocycles. The number of methoxy groups -OCH3 is 2. The number of fused-ring (bicyclic) bond motifs is 1. The van der Waals surface area contributed by atoms with Gasteiger partial charge in [-0.3, -0.25) is 19.5 Å². The first-order valence-electron chi connectivity index (χ1n) is 24.2. The number of aliphatic hydroxyl groups is 1. The van der Waals surface area contributed by atoms with Crippen molar-refractivity contribution in [2.75, 3.05) is 58.5 Å². The molecule has 0 aliphatic carbocycles. The lowest BCUT2D eigenvalue weighted by Crippen LogP contribution is -2.82. The summed E-state index contributed by atoms with van der Waals surface area (Å²) in [7, 11) is 1.75. The fraction of sp³-hybridized carbons (Fsp3) is 0.520. The fourth-order valence-corrected chi connectivity index (χ4v) is 9.25. The fourth-order valence-electron chi connectivity index (χ4n) is 9.25. The van der Waals surface area contributed by atoms with E-state index in [0.29, 0.717) is 46.0 Å². The van der Waals surface area contributed by atoms with E-state index in [1.54, 1.807) is 0 Å². The lowest BCUT2D eigenvalue weighted by Gasteiger charge is -2.65. The molecule has 3 fully saturated rings. The SMILES string of the molecule is COC(=O)N[C@H](C(=O)N[C@@H](Cc1ccc(-c2cnc(N3CC4[C@@H]3CN4C3COC3)cc2CC(C)([C@H](NC(=O)OC)C(N)=O)C(F)(F)F)cc1)[C@@H](O)CNCc1c(F)cc(C(N)=CC=NCC(F)F)cc1F)C(C)(C)C(F)(F)F. The number of nitrogens with zero attached hydrogens (tertiary/aromatic N) is 4. The molecule has 78 heavy (non-hydrogen) atoms. The third kappa shape index (κ3) is 13.5. The maximum atomic E-state index is 15.4. The number of aliphatic imine (C=N–C) groups is 1. The molecule has 4 heterocycles. The van der Waals surface area contributed by atoms with Crippen LogP contribution in [0.4, 0.5) is 59.3 Å². The normalized spacial score (nSPS) is 19.6. The molecule has 3 aliphatic rings. The number of alkyl halides is 8. The molecule has 0 radical (unpaired) electrons. The number of anilines is 1. The summed E-state index contributed by atoms with van der Waals surface area (Å²) in [6.45, 7) is 2.34. The number of aliphatic hydroxyl groups excluding tert-OH is 1. The van der Waals surface area contributed by atoms with Crippen molar-refractivity contribution in [2.45, 2.75) is 101 Å². The molecule has 18 nitrogen and oxygen atoms in total. The molecule has 0 bridgehead atoms. The van der Waals surface area contributed by atoms with Crippen LogP contribution < -0.4 is 37.6 Å². The Morgan fingerprint density at radius 2 is 1.50 bits per heavy atom. The average Bonchev–Trinajstić information content (AvgIpc) is 3.55. The number of aromatic nitrogens is 1. The number of benzene rings is 2. The summed E-state index contributed by atoms with van der Waals surface area (Å²) in [6, 6.07) is 3.17. The minimum atomic E-state index is -5.17. The van der Waals surface area contributed by atoms with Crippen LogP contribution in [0.1, 0.15) is 43.0 Å². The van der Waals surface area contributed by atoms with Gasteiger partial charge in [0.2, 0.25) is 11.8 Å². The van der Waals surface area contributed by atoms with Crippen molar-refractivity contribution in [3.63, 3.8) is 0 Å². The molecule has 2 aromatic carbocycles. The topological polar surface area (TPSA) is 248 Å². The molecule has 7 atom stereocenters. The number of likely N-dealkylation sites (tertiary alicyclic amines) is 1. The first-order valence-corrected chi connectivity index (χ1v) is 24.2. The van der Waals surface area contributed by atoms with Crippen LogP contribution in [0.3, 0.4) is 0 Å². The largest absolute Gasteiger partial charge is 0.453 e. The van der Waals surface area contributed by atoms with Crippen LogP contribution in [0.5, 0.6) is 0 Å². The average molecular weight is 1120 g/mol. The highest BCUT2D eigenvalue weighted by molar-refractivity contribution is 5.87. The maximum absolute atomic E-state index is 15.4. The van der Waals surface area contributed by atoms with Crippen molar-refractivity contribution < 1.29 is 82.4 Å². The molecular formula is C50H60F10N10O8. The Labute approximate surface area is 441 Å². The van der Waals surface area contributed by atoms with E-state index in [-0.39, 0.29) is 58.1 Å². The smallest absolute Gasteiger partial charge is 0.407 e. The lowest BCUT2D eigenvalue weighted by atomic mass is 9.74. The number of hydrogen-bond acceptors (Lipinski definition) is 14. The second-order valence-corrected chi connectivity index (χ2v) is 19.9. The molecule has 6 rings (SSSR count). The van der Waals surface area contributed by atoms with Gasteiger partial charge in [-0.2, -0.15) is 26.3 Å².